The third-order valence-electron chi connectivity index (χ3n) is 2.69. The van der Waals surface area contributed by atoms with E-state index in [4.69, 9.17) is 23.2 Å². The predicted octanol–water partition coefficient (Wildman–Crippen LogP) is 5.35. The summed E-state index contributed by atoms with van der Waals surface area (Å²) in [6.45, 7) is 4.37. The molecule has 0 spiro atoms. The number of alkyl halides is 1. The highest BCUT2D eigenvalue weighted by Gasteiger charge is 2.15. The highest BCUT2D eigenvalue weighted by Crippen LogP contribution is 2.30. The second-order valence-electron chi connectivity index (χ2n) is 3.76. The average Bonchev–Trinajstić information content (AvgIpc) is 2.19. The van der Waals surface area contributed by atoms with Gasteiger partial charge in [0.1, 0.15) is 0 Å². The van der Waals surface area contributed by atoms with Crippen LogP contribution in [0.3, 0.4) is 0 Å². The van der Waals surface area contributed by atoms with Crippen molar-refractivity contribution in [3.8, 4) is 0 Å². The fraction of sp³-hybridized carbons (Fsp3) is 0.500. The number of halogens is 3. The van der Waals surface area contributed by atoms with Crippen molar-refractivity contribution in [2.75, 3.05) is 0 Å². The van der Waals surface area contributed by atoms with Crippen LogP contribution in [-0.2, 0) is 6.42 Å². The SMILES string of the molecule is CCC(Cc1cccc(Cl)c1Cl)C(C)Br. The summed E-state index contributed by atoms with van der Waals surface area (Å²) in [5.41, 5.74) is 1.14. The molecule has 0 aliphatic carbocycles. The molecule has 1 aromatic carbocycles. The first-order valence-electron chi connectivity index (χ1n) is 5.13. The van der Waals surface area contributed by atoms with Gasteiger partial charge < -0.3 is 0 Å². The summed E-state index contributed by atoms with van der Waals surface area (Å²) >= 11 is 15.8. The summed E-state index contributed by atoms with van der Waals surface area (Å²) in [6, 6.07) is 5.83. The van der Waals surface area contributed by atoms with Crippen LogP contribution in [0.15, 0.2) is 18.2 Å². The van der Waals surface area contributed by atoms with Crippen molar-refractivity contribution < 1.29 is 0 Å². The molecule has 84 valence electrons. The van der Waals surface area contributed by atoms with Gasteiger partial charge in [-0.3, -0.25) is 0 Å². The number of benzene rings is 1. The Morgan fingerprint density at radius 1 is 1.33 bits per heavy atom. The smallest absolute Gasteiger partial charge is 0.0624 e. The van der Waals surface area contributed by atoms with Crippen LogP contribution in [0.25, 0.3) is 0 Å². The zero-order valence-corrected chi connectivity index (χ0v) is 12.0. The van der Waals surface area contributed by atoms with Crippen molar-refractivity contribution in [1.82, 2.24) is 0 Å². The topological polar surface area (TPSA) is 0 Å². The van der Waals surface area contributed by atoms with Crippen LogP contribution in [0.4, 0.5) is 0 Å². The number of rotatable bonds is 4. The second-order valence-corrected chi connectivity index (χ2v) is 5.99. The van der Waals surface area contributed by atoms with Gasteiger partial charge in [-0.2, -0.15) is 0 Å². The Balaban J connectivity index is 2.84. The van der Waals surface area contributed by atoms with Crippen molar-refractivity contribution in [2.45, 2.75) is 31.5 Å². The third kappa shape index (κ3) is 3.65. The highest BCUT2D eigenvalue weighted by atomic mass is 79.9. The van der Waals surface area contributed by atoms with Gasteiger partial charge in [-0.05, 0) is 24.0 Å². The first-order chi connectivity index (χ1) is 7.06. The van der Waals surface area contributed by atoms with E-state index in [1.54, 1.807) is 0 Å². The van der Waals surface area contributed by atoms with E-state index in [-0.39, 0.29) is 0 Å². The molecule has 0 amide bonds. The molecule has 15 heavy (non-hydrogen) atoms. The monoisotopic (exact) mass is 308 g/mol. The predicted molar refractivity (Wildman–Crippen MR) is 72.3 cm³/mol. The molecule has 1 aromatic rings. The normalized spacial score (nSPS) is 15.0. The third-order valence-corrected chi connectivity index (χ3v) is 4.29. The fourth-order valence-electron chi connectivity index (χ4n) is 1.62. The molecule has 0 bridgehead atoms. The highest BCUT2D eigenvalue weighted by molar-refractivity contribution is 9.09. The van der Waals surface area contributed by atoms with Gasteiger partial charge >= 0.3 is 0 Å². The van der Waals surface area contributed by atoms with Crippen molar-refractivity contribution in [3.63, 3.8) is 0 Å². The van der Waals surface area contributed by atoms with Gasteiger partial charge in [0.05, 0.1) is 10.0 Å². The van der Waals surface area contributed by atoms with E-state index in [0.717, 1.165) is 18.4 Å². The Morgan fingerprint density at radius 3 is 2.53 bits per heavy atom. The molecule has 0 saturated heterocycles. The molecule has 2 unspecified atom stereocenters. The molecule has 0 aliphatic heterocycles. The van der Waals surface area contributed by atoms with E-state index < -0.39 is 0 Å². The minimum atomic E-state index is 0.498. The quantitative estimate of drug-likeness (QED) is 0.658. The van der Waals surface area contributed by atoms with Crippen LogP contribution in [0.2, 0.25) is 10.0 Å². The first-order valence-corrected chi connectivity index (χ1v) is 6.80. The Morgan fingerprint density at radius 2 is 2.00 bits per heavy atom. The van der Waals surface area contributed by atoms with Crippen LogP contribution in [0, 0.1) is 5.92 Å². The molecule has 0 saturated carbocycles. The van der Waals surface area contributed by atoms with Gasteiger partial charge in [-0.15, -0.1) is 0 Å². The summed E-state index contributed by atoms with van der Waals surface area (Å²) in [6.07, 6.45) is 2.11. The van der Waals surface area contributed by atoms with Gasteiger partial charge in [0.25, 0.3) is 0 Å². The lowest BCUT2D eigenvalue weighted by atomic mass is 9.94. The molecule has 0 aromatic heterocycles. The zero-order valence-electron chi connectivity index (χ0n) is 8.93. The summed E-state index contributed by atoms with van der Waals surface area (Å²) < 4.78 is 0. The van der Waals surface area contributed by atoms with Crippen molar-refractivity contribution in [1.29, 1.82) is 0 Å². The minimum absolute atomic E-state index is 0.498. The van der Waals surface area contributed by atoms with E-state index in [1.807, 2.05) is 18.2 Å². The van der Waals surface area contributed by atoms with Gasteiger partial charge in [0.2, 0.25) is 0 Å². The van der Waals surface area contributed by atoms with Crippen molar-refractivity contribution in [2.24, 2.45) is 5.92 Å². The molecule has 0 heterocycles. The molecular weight excluding hydrogens is 295 g/mol. The summed E-state index contributed by atoms with van der Waals surface area (Å²) in [5, 5.41) is 1.34. The average molecular weight is 310 g/mol. The van der Waals surface area contributed by atoms with Gasteiger partial charge in [-0.25, -0.2) is 0 Å². The van der Waals surface area contributed by atoms with Crippen LogP contribution in [-0.4, -0.2) is 4.83 Å². The largest absolute Gasteiger partial charge is 0.0891 e. The fourth-order valence-corrected chi connectivity index (χ4v) is 2.58. The summed E-state index contributed by atoms with van der Waals surface area (Å²) in [4.78, 5) is 0.498. The van der Waals surface area contributed by atoms with Gasteiger partial charge in [-0.1, -0.05) is 71.5 Å². The number of hydrogen-bond donors (Lipinski definition) is 0. The van der Waals surface area contributed by atoms with Crippen LogP contribution in [0.5, 0.6) is 0 Å². The van der Waals surface area contributed by atoms with Crippen LogP contribution >= 0.6 is 39.1 Å². The van der Waals surface area contributed by atoms with E-state index in [9.17, 15) is 0 Å². The van der Waals surface area contributed by atoms with E-state index in [1.165, 1.54) is 0 Å². The van der Waals surface area contributed by atoms with Crippen molar-refractivity contribution >= 4 is 39.1 Å². The Kier molecular flexibility index (Phi) is 5.45. The Labute approximate surface area is 110 Å². The maximum Gasteiger partial charge on any atom is 0.0624 e. The maximum absolute atomic E-state index is 6.15. The lowest BCUT2D eigenvalue weighted by molar-refractivity contribution is 0.508. The number of hydrogen-bond acceptors (Lipinski definition) is 0. The van der Waals surface area contributed by atoms with E-state index in [0.29, 0.717) is 20.8 Å². The van der Waals surface area contributed by atoms with E-state index >= 15 is 0 Å². The molecule has 0 fully saturated rings. The van der Waals surface area contributed by atoms with E-state index in [2.05, 4.69) is 29.8 Å². The summed E-state index contributed by atoms with van der Waals surface area (Å²) in [5.74, 6) is 0.598. The Bertz CT molecular complexity index is 323. The standard InChI is InChI=1S/C12H15BrCl2/c1-3-9(8(2)13)7-10-5-4-6-11(14)12(10)15/h4-6,8-9H,3,7H2,1-2H3. The lowest BCUT2D eigenvalue weighted by Crippen LogP contribution is -2.13. The van der Waals surface area contributed by atoms with Crippen LogP contribution in [0.1, 0.15) is 25.8 Å². The van der Waals surface area contributed by atoms with Crippen molar-refractivity contribution in [3.05, 3.63) is 33.8 Å². The molecule has 3 heteroatoms. The zero-order chi connectivity index (χ0) is 11.4. The molecule has 0 aliphatic rings. The molecule has 0 radical (unpaired) electrons. The molecule has 2 atom stereocenters. The maximum atomic E-state index is 6.15. The minimum Gasteiger partial charge on any atom is -0.0891 e. The molecule has 0 nitrogen and oxygen atoms in total. The molecule has 0 N–H and O–H groups in total. The van der Waals surface area contributed by atoms with Gasteiger partial charge in [0.15, 0.2) is 0 Å². The Hall–Kier alpha value is 0.280. The lowest BCUT2D eigenvalue weighted by Gasteiger charge is -2.18. The van der Waals surface area contributed by atoms with Crippen LogP contribution < -0.4 is 0 Å². The second kappa shape index (κ2) is 6.12. The van der Waals surface area contributed by atoms with Gasteiger partial charge in [0, 0.05) is 4.83 Å². The molecule has 1 rings (SSSR count). The first kappa shape index (κ1) is 13.3. The molecular formula is C12H15BrCl2. The summed E-state index contributed by atoms with van der Waals surface area (Å²) in [7, 11) is 0.